The molecule has 1 aromatic heterocycles. The second-order valence-electron chi connectivity index (χ2n) is 4.62. The molecule has 0 unspecified atom stereocenters. The summed E-state index contributed by atoms with van der Waals surface area (Å²) in [4.78, 5) is 15.6. The van der Waals surface area contributed by atoms with Crippen molar-refractivity contribution in [3.63, 3.8) is 0 Å². The zero-order chi connectivity index (χ0) is 13.1. The monoisotopic (exact) mass is 332 g/mol. The molecule has 0 atom stereocenters. The second kappa shape index (κ2) is 6.14. The smallest absolute Gasteiger partial charge is 0.275 e. The summed E-state index contributed by atoms with van der Waals surface area (Å²) in [7, 11) is 2.18. The molecule has 1 fully saturated rings. The molecular weight excluding hydrogens is 314 g/mol. The summed E-state index contributed by atoms with van der Waals surface area (Å²) < 4.78 is 1.04. The highest BCUT2D eigenvalue weighted by atomic mass is 79.9. The fraction of sp³-hybridized carbons (Fsp3) is 0.583. The maximum absolute atomic E-state index is 12.1. The molecule has 1 aromatic rings. The Morgan fingerprint density at radius 1 is 1.56 bits per heavy atom. The molecule has 0 spiro atoms. The summed E-state index contributed by atoms with van der Waals surface area (Å²) in [5.74, 6) is 0.0138. The Morgan fingerprint density at radius 2 is 2.22 bits per heavy atom. The molecule has 0 bridgehead atoms. The van der Waals surface area contributed by atoms with Crippen molar-refractivity contribution in [1.82, 2.24) is 10.4 Å². The Kier molecular flexibility index (Phi) is 4.77. The van der Waals surface area contributed by atoms with Gasteiger partial charge in [-0.25, -0.2) is 5.01 Å². The molecule has 0 saturated carbocycles. The molecule has 0 aliphatic carbocycles. The minimum atomic E-state index is 0.0138. The molecule has 1 saturated heterocycles. The Morgan fingerprint density at radius 3 is 2.78 bits per heavy atom. The van der Waals surface area contributed by atoms with Crippen molar-refractivity contribution in [3.8, 4) is 0 Å². The van der Waals surface area contributed by atoms with Crippen LogP contribution in [0.2, 0.25) is 0 Å². The molecule has 6 heteroatoms. The molecule has 1 aliphatic heterocycles. The highest BCUT2D eigenvalue weighted by Crippen LogP contribution is 2.27. The quantitative estimate of drug-likeness (QED) is 0.848. The van der Waals surface area contributed by atoms with Gasteiger partial charge in [0, 0.05) is 9.35 Å². The van der Waals surface area contributed by atoms with Gasteiger partial charge in [-0.2, -0.15) is 0 Å². The molecule has 1 amide bonds. The van der Waals surface area contributed by atoms with Crippen LogP contribution < -0.4 is 10.3 Å². The van der Waals surface area contributed by atoms with E-state index in [1.807, 2.05) is 11.1 Å². The molecular formula is C12H19BrN3OS+. The van der Waals surface area contributed by atoms with Gasteiger partial charge in [-0.15, -0.1) is 11.3 Å². The molecule has 0 radical (unpaired) electrons. The number of thiophene rings is 1. The normalized spacial score (nSPS) is 17.9. The predicted octanol–water partition coefficient (Wildman–Crippen LogP) is 0.548. The zero-order valence-electron chi connectivity index (χ0n) is 10.8. The van der Waals surface area contributed by atoms with Crippen LogP contribution in [-0.4, -0.2) is 44.1 Å². The summed E-state index contributed by atoms with van der Waals surface area (Å²) in [6.07, 6.45) is 0.955. The molecule has 2 N–H and O–H groups in total. The van der Waals surface area contributed by atoms with Crippen molar-refractivity contribution in [2.45, 2.75) is 13.3 Å². The first-order valence-electron chi connectivity index (χ1n) is 6.25. The fourth-order valence-corrected chi connectivity index (χ4v) is 3.74. The molecule has 2 rings (SSSR count). The maximum atomic E-state index is 12.1. The van der Waals surface area contributed by atoms with E-state index >= 15 is 0 Å². The Labute approximate surface area is 120 Å². The van der Waals surface area contributed by atoms with Crippen LogP contribution in [0, 0.1) is 0 Å². The van der Waals surface area contributed by atoms with Gasteiger partial charge in [-0.1, -0.05) is 6.92 Å². The van der Waals surface area contributed by atoms with Crippen molar-refractivity contribution in [3.05, 3.63) is 20.3 Å². The number of quaternary nitrogens is 1. The number of amides is 1. The zero-order valence-corrected chi connectivity index (χ0v) is 13.2. The summed E-state index contributed by atoms with van der Waals surface area (Å²) in [5.41, 5.74) is 2.99. The lowest BCUT2D eigenvalue weighted by atomic mass is 10.3. The number of hydrogen-bond acceptors (Lipinski definition) is 3. The lowest BCUT2D eigenvalue weighted by molar-refractivity contribution is -0.884. The average molecular weight is 333 g/mol. The summed E-state index contributed by atoms with van der Waals surface area (Å²) in [6, 6.07) is 1.92. The first kappa shape index (κ1) is 14.0. The van der Waals surface area contributed by atoms with Gasteiger partial charge in [0.1, 0.15) is 0 Å². The molecule has 0 aromatic carbocycles. The van der Waals surface area contributed by atoms with Gasteiger partial charge in [0.05, 0.1) is 38.1 Å². The second-order valence-corrected chi connectivity index (χ2v) is 6.61. The lowest BCUT2D eigenvalue weighted by Crippen LogP contribution is -3.12. The van der Waals surface area contributed by atoms with Crippen molar-refractivity contribution in [2.75, 3.05) is 33.2 Å². The van der Waals surface area contributed by atoms with Crippen molar-refractivity contribution in [2.24, 2.45) is 0 Å². The minimum absolute atomic E-state index is 0.0138. The Bertz CT molecular complexity index is 427. The highest BCUT2D eigenvalue weighted by molar-refractivity contribution is 9.10. The van der Waals surface area contributed by atoms with Gasteiger partial charge in [0.25, 0.3) is 5.91 Å². The van der Waals surface area contributed by atoms with Crippen LogP contribution in [0.5, 0.6) is 0 Å². The van der Waals surface area contributed by atoms with Gasteiger partial charge in [-0.05, 0) is 28.4 Å². The van der Waals surface area contributed by atoms with Gasteiger partial charge in [-0.3, -0.25) is 10.2 Å². The molecule has 2 heterocycles. The summed E-state index contributed by atoms with van der Waals surface area (Å²) in [5, 5.41) is 2.02. The standard InChI is InChI=1S/C12H18BrN3OS/c1-3-10-9(13)8-11(18-10)12(17)14-16-6-4-15(2)5-7-16/h8H,3-7H2,1-2H3,(H,14,17)/p+1. The maximum Gasteiger partial charge on any atom is 0.275 e. The third kappa shape index (κ3) is 3.32. The predicted molar refractivity (Wildman–Crippen MR) is 77.1 cm³/mol. The van der Waals surface area contributed by atoms with E-state index in [9.17, 15) is 4.79 Å². The molecule has 1 aliphatic rings. The molecule has 100 valence electrons. The van der Waals surface area contributed by atoms with Crippen molar-refractivity contribution >= 4 is 33.2 Å². The van der Waals surface area contributed by atoms with Gasteiger partial charge in [0.2, 0.25) is 0 Å². The molecule has 4 nitrogen and oxygen atoms in total. The van der Waals surface area contributed by atoms with Crippen LogP contribution in [-0.2, 0) is 6.42 Å². The van der Waals surface area contributed by atoms with E-state index in [1.165, 1.54) is 9.78 Å². The number of nitrogens with one attached hydrogen (secondary N) is 2. The summed E-state index contributed by atoms with van der Waals surface area (Å²) >= 11 is 5.06. The van der Waals surface area contributed by atoms with Crippen LogP contribution in [0.1, 0.15) is 21.5 Å². The largest absolute Gasteiger partial charge is 0.335 e. The van der Waals surface area contributed by atoms with E-state index in [-0.39, 0.29) is 5.91 Å². The number of nitrogens with zero attached hydrogens (tertiary/aromatic N) is 1. The van der Waals surface area contributed by atoms with E-state index < -0.39 is 0 Å². The van der Waals surface area contributed by atoms with Gasteiger partial charge < -0.3 is 4.90 Å². The van der Waals surface area contributed by atoms with Crippen LogP contribution >= 0.6 is 27.3 Å². The Balaban J connectivity index is 1.94. The number of carbonyl (C=O) groups excluding carboxylic acids is 1. The van der Waals surface area contributed by atoms with E-state index in [0.29, 0.717) is 0 Å². The van der Waals surface area contributed by atoms with Crippen LogP contribution in [0.4, 0.5) is 0 Å². The van der Waals surface area contributed by atoms with Crippen LogP contribution in [0.3, 0.4) is 0 Å². The first-order chi connectivity index (χ1) is 8.60. The van der Waals surface area contributed by atoms with Gasteiger partial charge in [0.15, 0.2) is 0 Å². The van der Waals surface area contributed by atoms with Gasteiger partial charge >= 0.3 is 0 Å². The number of rotatable bonds is 3. The average Bonchev–Trinajstić information content (AvgIpc) is 2.73. The Hall–Kier alpha value is -0.430. The number of likely N-dealkylation sites (N-methyl/N-ethyl adjacent to an activating group) is 1. The van der Waals surface area contributed by atoms with E-state index in [1.54, 1.807) is 11.3 Å². The molecule has 18 heavy (non-hydrogen) atoms. The number of hydrogen-bond donors (Lipinski definition) is 2. The van der Waals surface area contributed by atoms with E-state index in [4.69, 9.17) is 0 Å². The summed E-state index contributed by atoms with van der Waals surface area (Å²) in [6.45, 7) is 6.10. The SMILES string of the molecule is CCc1sc(C(=O)NN2CC[NH+](C)CC2)cc1Br. The fourth-order valence-electron chi connectivity index (χ4n) is 1.96. The van der Waals surface area contributed by atoms with Crippen LogP contribution in [0.25, 0.3) is 0 Å². The highest BCUT2D eigenvalue weighted by Gasteiger charge is 2.20. The van der Waals surface area contributed by atoms with E-state index in [0.717, 1.165) is 41.9 Å². The number of aryl methyl sites for hydroxylation is 1. The van der Waals surface area contributed by atoms with Crippen molar-refractivity contribution < 1.29 is 9.69 Å². The van der Waals surface area contributed by atoms with E-state index in [2.05, 4.69) is 35.3 Å². The third-order valence-corrected chi connectivity index (χ3v) is 5.43. The number of piperazine rings is 1. The minimum Gasteiger partial charge on any atom is -0.335 e. The number of carbonyl (C=O) groups is 1. The van der Waals surface area contributed by atoms with Crippen LogP contribution in [0.15, 0.2) is 10.5 Å². The van der Waals surface area contributed by atoms with Crippen molar-refractivity contribution in [1.29, 1.82) is 0 Å². The third-order valence-electron chi connectivity index (χ3n) is 3.18. The first-order valence-corrected chi connectivity index (χ1v) is 7.86. The topological polar surface area (TPSA) is 36.8 Å². The number of hydrazine groups is 1. The number of halogens is 1. The lowest BCUT2D eigenvalue weighted by Gasteiger charge is -2.29.